The minimum Gasteiger partial charge on any atom is -0.373 e. The third-order valence-corrected chi connectivity index (χ3v) is 6.25. The molecule has 1 atom stereocenters. The number of ether oxygens (including phenoxy) is 1. The highest BCUT2D eigenvalue weighted by Crippen LogP contribution is 2.33. The van der Waals surface area contributed by atoms with Crippen molar-refractivity contribution in [2.45, 2.75) is 52.4 Å². The zero-order valence-electron chi connectivity index (χ0n) is 16.1. The summed E-state index contributed by atoms with van der Waals surface area (Å²) in [6, 6.07) is 6.05. The third-order valence-electron chi connectivity index (χ3n) is 5.08. The van der Waals surface area contributed by atoms with Gasteiger partial charge in [0.1, 0.15) is 0 Å². The molecule has 2 aliphatic rings. The summed E-state index contributed by atoms with van der Waals surface area (Å²) in [4.78, 5) is 16.8. The molecule has 1 saturated heterocycles. The van der Waals surface area contributed by atoms with Crippen molar-refractivity contribution < 1.29 is 9.53 Å². The maximum Gasteiger partial charge on any atom is 0.261 e. The third kappa shape index (κ3) is 4.42. The molecule has 0 aliphatic carbocycles. The summed E-state index contributed by atoms with van der Waals surface area (Å²) in [6.45, 7) is 9.81. The number of carbonyl (C=O) groups excluding carboxylic acids is 1. The standard InChI is InChI=1S/C20H28N4O2S/c1-14(2)12-23-7-8-24-16(13-23)10-15(22-24)11-21-20(25)19-6-5-18(27-19)17-4-3-9-26-17/h5-6,10,14,17H,3-4,7-9,11-13H2,1-2H3,(H,21,25)/t17-/m1/s1. The van der Waals surface area contributed by atoms with Crippen LogP contribution < -0.4 is 5.32 Å². The molecule has 0 unspecified atom stereocenters. The van der Waals surface area contributed by atoms with Crippen LogP contribution in [0.5, 0.6) is 0 Å². The molecule has 4 heterocycles. The smallest absolute Gasteiger partial charge is 0.261 e. The fourth-order valence-corrected chi connectivity index (χ4v) is 4.85. The molecule has 1 amide bonds. The van der Waals surface area contributed by atoms with Crippen LogP contribution in [0.3, 0.4) is 0 Å². The number of carbonyl (C=O) groups is 1. The molecule has 0 aromatic carbocycles. The Morgan fingerprint density at radius 3 is 3.07 bits per heavy atom. The van der Waals surface area contributed by atoms with Gasteiger partial charge in [0.2, 0.25) is 0 Å². The van der Waals surface area contributed by atoms with Crippen molar-refractivity contribution in [3.63, 3.8) is 0 Å². The van der Waals surface area contributed by atoms with Gasteiger partial charge in [-0.3, -0.25) is 14.4 Å². The molecule has 0 saturated carbocycles. The van der Waals surface area contributed by atoms with Gasteiger partial charge in [-0.15, -0.1) is 11.3 Å². The Morgan fingerprint density at radius 1 is 1.41 bits per heavy atom. The molecular weight excluding hydrogens is 360 g/mol. The lowest BCUT2D eigenvalue weighted by Gasteiger charge is -2.28. The van der Waals surface area contributed by atoms with Crippen LogP contribution in [0.25, 0.3) is 0 Å². The van der Waals surface area contributed by atoms with Crippen LogP contribution >= 0.6 is 11.3 Å². The lowest BCUT2D eigenvalue weighted by molar-refractivity contribution is 0.0954. The molecule has 7 heteroatoms. The minimum absolute atomic E-state index is 0.0309. The summed E-state index contributed by atoms with van der Waals surface area (Å²) in [7, 11) is 0. The summed E-state index contributed by atoms with van der Waals surface area (Å²) >= 11 is 1.54. The van der Waals surface area contributed by atoms with E-state index in [9.17, 15) is 4.79 Å². The van der Waals surface area contributed by atoms with Crippen LogP contribution in [-0.4, -0.2) is 40.3 Å². The highest BCUT2D eigenvalue weighted by molar-refractivity contribution is 7.14. The predicted molar refractivity (Wildman–Crippen MR) is 106 cm³/mol. The normalized spacial score (nSPS) is 20.2. The number of aromatic nitrogens is 2. The number of fused-ring (bicyclic) bond motifs is 1. The van der Waals surface area contributed by atoms with Crippen molar-refractivity contribution in [3.8, 4) is 0 Å². The van der Waals surface area contributed by atoms with Crippen molar-refractivity contribution in [1.29, 1.82) is 0 Å². The van der Waals surface area contributed by atoms with E-state index in [-0.39, 0.29) is 12.0 Å². The van der Waals surface area contributed by atoms with E-state index >= 15 is 0 Å². The second-order valence-corrected chi connectivity index (χ2v) is 8.98. The fraction of sp³-hybridized carbons (Fsp3) is 0.600. The second kappa shape index (κ2) is 8.12. The fourth-order valence-electron chi connectivity index (χ4n) is 3.85. The molecule has 0 bridgehead atoms. The topological polar surface area (TPSA) is 59.4 Å². The monoisotopic (exact) mass is 388 g/mol. The van der Waals surface area contributed by atoms with E-state index in [1.54, 1.807) is 0 Å². The van der Waals surface area contributed by atoms with Gasteiger partial charge in [0, 0.05) is 31.1 Å². The van der Waals surface area contributed by atoms with Crippen molar-refractivity contribution >= 4 is 17.2 Å². The minimum atomic E-state index is -0.0309. The van der Waals surface area contributed by atoms with E-state index in [0.717, 1.165) is 61.1 Å². The van der Waals surface area contributed by atoms with Crippen LogP contribution in [-0.2, 0) is 24.4 Å². The quantitative estimate of drug-likeness (QED) is 0.826. The van der Waals surface area contributed by atoms with Gasteiger partial charge in [-0.05, 0) is 37.0 Å². The van der Waals surface area contributed by atoms with Crippen LogP contribution in [0.1, 0.15) is 58.7 Å². The van der Waals surface area contributed by atoms with E-state index in [0.29, 0.717) is 12.5 Å². The molecule has 0 radical (unpaired) electrons. The zero-order valence-corrected chi connectivity index (χ0v) is 16.9. The molecule has 1 fully saturated rings. The Labute approximate surface area is 164 Å². The van der Waals surface area contributed by atoms with Gasteiger partial charge in [0.05, 0.1) is 35.5 Å². The van der Waals surface area contributed by atoms with Gasteiger partial charge < -0.3 is 10.1 Å². The first kappa shape index (κ1) is 18.7. The van der Waals surface area contributed by atoms with Gasteiger partial charge in [0.25, 0.3) is 5.91 Å². The second-order valence-electron chi connectivity index (χ2n) is 7.87. The Hall–Kier alpha value is -1.70. The SMILES string of the molecule is CC(C)CN1CCn2nc(CNC(=O)c3ccc([C@H]4CCCO4)s3)cc2C1. The summed E-state index contributed by atoms with van der Waals surface area (Å²) in [6.07, 6.45) is 2.32. The number of thiophene rings is 1. The predicted octanol–water partition coefficient (Wildman–Crippen LogP) is 3.20. The van der Waals surface area contributed by atoms with Crippen LogP contribution in [0.15, 0.2) is 18.2 Å². The van der Waals surface area contributed by atoms with Crippen LogP contribution in [0.2, 0.25) is 0 Å². The van der Waals surface area contributed by atoms with E-state index in [1.165, 1.54) is 17.0 Å². The van der Waals surface area contributed by atoms with Crippen molar-refractivity contribution in [2.24, 2.45) is 5.92 Å². The summed E-state index contributed by atoms with van der Waals surface area (Å²) in [5.41, 5.74) is 2.17. The highest BCUT2D eigenvalue weighted by atomic mass is 32.1. The number of amides is 1. The number of nitrogens with zero attached hydrogens (tertiary/aromatic N) is 3. The van der Waals surface area contributed by atoms with Gasteiger partial charge in [-0.2, -0.15) is 5.10 Å². The van der Waals surface area contributed by atoms with Gasteiger partial charge in [-0.25, -0.2) is 0 Å². The largest absolute Gasteiger partial charge is 0.373 e. The van der Waals surface area contributed by atoms with E-state index in [2.05, 4.69) is 39.9 Å². The van der Waals surface area contributed by atoms with E-state index in [1.807, 2.05) is 12.1 Å². The number of rotatable bonds is 6. The zero-order chi connectivity index (χ0) is 18.8. The number of hydrogen-bond acceptors (Lipinski definition) is 5. The van der Waals surface area contributed by atoms with Crippen LogP contribution in [0.4, 0.5) is 0 Å². The molecule has 1 N–H and O–H groups in total. The number of nitrogens with one attached hydrogen (secondary N) is 1. The average Bonchev–Trinajstić information content (AvgIpc) is 3.37. The molecule has 27 heavy (non-hydrogen) atoms. The molecule has 0 spiro atoms. The first-order chi connectivity index (χ1) is 13.1. The maximum absolute atomic E-state index is 12.5. The van der Waals surface area contributed by atoms with Gasteiger partial charge in [-0.1, -0.05) is 13.8 Å². The first-order valence-corrected chi connectivity index (χ1v) is 10.7. The molecular formula is C20H28N4O2S. The summed E-state index contributed by atoms with van der Waals surface area (Å²) < 4.78 is 7.78. The summed E-state index contributed by atoms with van der Waals surface area (Å²) in [5, 5.41) is 7.67. The highest BCUT2D eigenvalue weighted by Gasteiger charge is 2.22. The lowest BCUT2D eigenvalue weighted by atomic mass is 10.2. The lowest BCUT2D eigenvalue weighted by Crippen LogP contribution is -2.36. The van der Waals surface area contributed by atoms with Gasteiger partial charge >= 0.3 is 0 Å². The van der Waals surface area contributed by atoms with E-state index < -0.39 is 0 Å². The summed E-state index contributed by atoms with van der Waals surface area (Å²) in [5.74, 6) is 0.639. The molecule has 146 valence electrons. The van der Waals surface area contributed by atoms with E-state index in [4.69, 9.17) is 4.74 Å². The molecule has 4 rings (SSSR count). The Morgan fingerprint density at radius 2 is 2.30 bits per heavy atom. The van der Waals surface area contributed by atoms with Crippen molar-refractivity contribution in [3.05, 3.63) is 39.3 Å². The molecule has 2 aliphatic heterocycles. The number of hydrogen-bond donors (Lipinski definition) is 1. The Kier molecular flexibility index (Phi) is 5.61. The Balaban J connectivity index is 1.33. The van der Waals surface area contributed by atoms with Crippen molar-refractivity contribution in [1.82, 2.24) is 20.0 Å². The first-order valence-electron chi connectivity index (χ1n) is 9.86. The Bertz CT molecular complexity index is 792. The molecule has 6 nitrogen and oxygen atoms in total. The van der Waals surface area contributed by atoms with Crippen LogP contribution in [0, 0.1) is 5.92 Å². The average molecular weight is 389 g/mol. The maximum atomic E-state index is 12.5. The van der Waals surface area contributed by atoms with Gasteiger partial charge in [0.15, 0.2) is 0 Å². The van der Waals surface area contributed by atoms with Crippen molar-refractivity contribution in [2.75, 3.05) is 19.7 Å². The molecule has 2 aromatic rings. The molecule has 2 aromatic heterocycles.